The SMILES string of the molecule is CCCCC(C)NCCn1cc(C(=O)O)nn1. The van der Waals surface area contributed by atoms with Crippen molar-refractivity contribution in [2.75, 3.05) is 6.54 Å². The van der Waals surface area contributed by atoms with Crippen molar-refractivity contribution < 1.29 is 9.90 Å². The van der Waals surface area contributed by atoms with Gasteiger partial charge in [0.2, 0.25) is 0 Å². The number of hydrogen-bond acceptors (Lipinski definition) is 4. The first-order valence-corrected chi connectivity index (χ1v) is 6.00. The van der Waals surface area contributed by atoms with Crippen LogP contribution in [0.2, 0.25) is 0 Å². The number of aromatic carboxylic acids is 1. The van der Waals surface area contributed by atoms with E-state index in [2.05, 4.69) is 29.5 Å². The molecule has 0 saturated heterocycles. The summed E-state index contributed by atoms with van der Waals surface area (Å²) in [5.74, 6) is -1.04. The molecule has 6 heteroatoms. The predicted octanol–water partition coefficient (Wildman–Crippen LogP) is 1.14. The Morgan fingerprint density at radius 3 is 3.00 bits per heavy atom. The molecule has 0 aliphatic carbocycles. The molecule has 6 nitrogen and oxygen atoms in total. The third-order valence-corrected chi connectivity index (χ3v) is 2.58. The van der Waals surface area contributed by atoms with Crippen molar-refractivity contribution in [2.24, 2.45) is 0 Å². The number of hydrogen-bond donors (Lipinski definition) is 2. The smallest absolute Gasteiger partial charge is 0.358 e. The van der Waals surface area contributed by atoms with Crippen LogP contribution in [0.15, 0.2) is 6.20 Å². The molecule has 0 amide bonds. The molecule has 96 valence electrons. The van der Waals surface area contributed by atoms with E-state index in [1.807, 2.05) is 0 Å². The van der Waals surface area contributed by atoms with E-state index >= 15 is 0 Å². The average molecular weight is 240 g/mol. The molecular weight excluding hydrogens is 220 g/mol. The van der Waals surface area contributed by atoms with Gasteiger partial charge in [-0.1, -0.05) is 25.0 Å². The summed E-state index contributed by atoms with van der Waals surface area (Å²) in [6.07, 6.45) is 5.03. The van der Waals surface area contributed by atoms with E-state index in [1.165, 1.54) is 19.0 Å². The fourth-order valence-electron chi connectivity index (χ4n) is 1.54. The van der Waals surface area contributed by atoms with E-state index in [4.69, 9.17) is 5.11 Å². The van der Waals surface area contributed by atoms with Crippen LogP contribution in [0.25, 0.3) is 0 Å². The first-order valence-electron chi connectivity index (χ1n) is 6.00. The van der Waals surface area contributed by atoms with Crippen LogP contribution >= 0.6 is 0 Å². The van der Waals surface area contributed by atoms with Gasteiger partial charge < -0.3 is 10.4 Å². The zero-order valence-corrected chi connectivity index (χ0v) is 10.4. The largest absolute Gasteiger partial charge is 0.476 e. The highest BCUT2D eigenvalue weighted by molar-refractivity contribution is 5.84. The summed E-state index contributed by atoms with van der Waals surface area (Å²) in [4.78, 5) is 10.6. The first kappa shape index (κ1) is 13.6. The molecule has 0 radical (unpaired) electrons. The van der Waals surface area contributed by atoms with Crippen LogP contribution in [0.1, 0.15) is 43.6 Å². The summed E-state index contributed by atoms with van der Waals surface area (Å²) in [6.45, 7) is 5.74. The highest BCUT2D eigenvalue weighted by Crippen LogP contribution is 1.99. The van der Waals surface area contributed by atoms with Gasteiger partial charge >= 0.3 is 5.97 Å². The van der Waals surface area contributed by atoms with Gasteiger partial charge in [-0.2, -0.15) is 0 Å². The van der Waals surface area contributed by atoms with Crippen molar-refractivity contribution >= 4 is 5.97 Å². The lowest BCUT2D eigenvalue weighted by molar-refractivity contribution is 0.0690. The Hall–Kier alpha value is -1.43. The van der Waals surface area contributed by atoms with E-state index < -0.39 is 5.97 Å². The Morgan fingerprint density at radius 2 is 2.41 bits per heavy atom. The molecule has 0 aromatic carbocycles. The summed E-state index contributed by atoms with van der Waals surface area (Å²) in [7, 11) is 0. The van der Waals surface area contributed by atoms with Gasteiger partial charge in [-0.05, 0) is 13.3 Å². The molecule has 0 fully saturated rings. The molecular formula is C11H20N4O2. The number of carbonyl (C=O) groups is 1. The molecule has 0 aliphatic heterocycles. The zero-order chi connectivity index (χ0) is 12.7. The van der Waals surface area contributed by atoms with Gasteiger partial charge in [-0.15, -0.1) is 5.10 Å². The van der Waals surface area contributed by atoms with Gasteiger partial charge in [-0.25, -0.2) is 4.79 Å². The summed E-state index contributed by atoms with van der Waals surface area (Å²) < 4.78 is 1.54. The molecule has 0 aliphatic rings. The molecule has 0 bridgehead atoms. The lowest BCUT2D eigenvalue weighted by Gasteiger charge is -2.12. The van der Waals surface area contributed by atoms with Gasteiger partial charge in [0.25, 0.3) is 0 Å². The van der Waals surface area contributed by atoms with Crippen LogP contribution in [0.4, 0.5) is 0 Å². The van der Waals surface area contributed by atoms with Crippen LogP contribution in [-0.4, -0.2) is 38.7 Å². The van der Waals surface area contributed by atoms with Crippen molar-refractivity contribution in [3.8, 4) is 0 Å². The summed E-state index contributed by atoms with van der Waals surface area (Å²) in [6, 6.07) is 0.484. The fraction of sp³-hybridized carbons (Fsp3) is 0.727. The van der Waals surface area contributed by atoms with Crippen molar-refractivity contribution in [1.82, 2.24) is 20.3 Å². The fourth-order valence-corrected chi connectivity index (χ4v) is 1.54. The van der Waals surface area contributed by atoms with Crippen molar-refractivity contribution in [2.45, 2.75) is 45.7 Å². The number of carboxylic acids is 1. The lowest BCUT2D eigenvalue weighted by atomic mass is 10.1. The van der Waals surface area contributed by atoms with Crippen LogP contribution in [0, 0.1) is 0 Å². The molecule has 1 aromatic heterocycles. The maximum absolute atomic E-state index is 10.6. The zero-order valence-electron chi connectivity index (χ0n) is 10.4. The maximum atomic E-state index is 10.6. The molecule has 1 unspecified atom stereocenters. The highest BCUT2D eigenvalue weighted by Gasteiger charge is 2.07. The highest BCUT2D eigenvalue weighted by atomic mass is 16.4. The van der Waals surface area contributed by atoms with Crippen LogP contribution in [-0.2, 0) is 6.54 Å². The van der Waals surface area contributed by atoms with Crippen molar-refractivity contribution in [3.05, 3.63) is 11.9 Å². The Bertz CT molecular complexity index is 351. The summed E-state index contributed by atoms with van der Waals surface area (Å²) in [5.41, 5.74) is -0.0102. The minimum atomic E-state index is -1.04. The van der Waals surface area contributed by atoms with Crippen LogP contribution in [0.5, 0.6) is 0 Å². The third kappa shape index (κ3) is 4.95. The number of unbranched alkanes of at least 4 members (excludes halogenated alkanes) is 1. The second-order valence-corrected chi connectivity index (χ2v) is 4.17. The van der Waals surface area contributed by atoms with Gasteiger partial charge in [0.05, 0.1) is 12.7 Å². The van der Waals surface area contributed by atoms with E-state index in [0.29, 0.717) is 12.6 Å². The van der Waals surface area contributed by atoms with Gasteiger partial charge in [0, 0.05) is 12.6 Å². The number of aromatic nitrogens is 3. The van der Waals surface area contributed by atoms with Crippen molar-refractivity contribution in [1.29, 1.82) is 0 Å². The molecule has 1 rings (SSSR count). The van der Waals surface area contributed by atoms with Crippen LogP contribution in [0.3, 0.4) is 0 Å². The Balaban J connectivity index is 2.23. The second-order valence-electron chi connectivity index (χ2n) is 4.17. The van der Waals surface area contributed by atoms with E-state index in [1.54, 1.807) is 4.68 Å². The molecule has 1 heterocycles. The average Bonchev–Trinajstić information content (AvgIpc) is 2.75. The Kier molecular flexibility index (Phi) is 5.62. The minimum Gasteiger partial charge on any atom is -0.476 e. The molecule has 0 spiro atoms. The summed E-state index contributed by atoms with van der Waals surface area (Å²) >= 11 is 0. The quantitative estimate of drug-likeness (QED) is 0.712. The van der Waals surface area contributed by atoms with E-state index in [-0.39, 0.29) is 5.69 Å². The summed E-state index contributed by atoms with van der Waals surface area (Å²) in [5, 5.41) is 19.3. The maximum Gasteiger partial charge on any atom is 0.358 e. The monoisotopic (exact) mass is 240 g/mol. The number of carboxylic acid groups (broad SMARTS) is 1. The van der Waals surface area contributed by atoms with Gasteiger partial charge in [-0.3, -0.25) is 4.68 Å². The van der Waals surface area contributed by atoms with Crippen molar-refractivity contribution in [3.63, 3.8) is 0 Å². The second kappa shape index (κ2) is 7.01. The standard InChI is InChI=1S/C11H20N4O2/c1-3-4-5-9(2)12-6-7-15-8-10(11(16)17)13-14-15/h8-9,12H,3-7H2,1-2H3,(H,16,17). The molecule has 17 heavy (non-hydrogen) atoms. The molecule has 2 N–H and O–H groups in total. The number of nitrogens with zero attached hydrogens (tertiary/aromatic N) is 3. The van der Waals surface area contributed by atoms with E-state index in [9.17, 15) is 4.79 Å². The first-order chi connectivity index (χ1) is 8.13. The molecule has 0 saturated carbocycles. The number of rotatable bonds is 8. The Labute approximate surface area is 101 Å². The topological polar surface area (TPSA) is 80.0 Å². The van der Waals surface area contributed by atoms with Crippen LogP contribution < -0.4 is 5.32 Å². The minimum absolute atomic E-state index is 0.0102. The molecule has 1 atom stereocenters. The lowest BCUT2D eigenvalue weighted by Crippen LogP contribution is -2.29. The normalized spacial score (nSPS) is 12.6. The van der Waals surface area contributed by atoms with Gasteiger partial charge in [0.15, 0.2) is 5.69 Å². The third-order valence-electron chi connectivity index (χ3n) is 2.58. The van der Waals surface area contributed by atoms with Gasteiger partial charge in [0.1, 0.15) is 0 Å². The number of nitrogens with one attached hydrogen (secondary N) is 1. The van der Waals surface area contributed by atoms with E-state index in [0.717, 1.165) is 13.0 Å². The molecule has 1 aromatic rings. The predicted molar refractivity (Wildman–Crippen MR) is 64.0 cm³/mol. The Morgan fingerprint density at radius 1 is 1.65 bits per heavy atom.